The maximum atomic E-state index is 13.9. The van der Waals surface area contributed by atoms with Crippen molar-refractivity contribution >= 4 is 27.5 Å². The maximum absolute atomic E-state index is 13.9. The zero-order valence-corrected chi connectivity index (χ0v) is 15.6. The van der Waals surface area contributed by atoms with Gasteiger partial charge in [0, 0.05) is 36.8 Å². The van der Waals surface area contributed by atoms with Crippen LogP contribution in [-0.2, 0) is 11.3 Å². The fourth-order valence-corrected chi connectivity index (χ4v) is 3.21. The summed E-state index contributed by atoms with van der Waals surface area (Å²) in [6.07, 6.45) is 0. The van der Waals surface area contributed by atoms with Gasteiger partial charge in [-0.3, -0.25) is 4.79 Å². The van der Waals surface area contributed by atoms with Crippen LogP contribution in [0.2, 0.25) is 0 Å². The summed E-state index contributed by atoms with van der Waals surface area (Å²) in [6.45, 7) is 3.70. The Morgan fingerprint density at radius 2 is 1.88 bits per heavy atom. The molecule has 4 nitrogen and oxygen atoms in total. The van der Waals surface area contributed by atoms with Gasteiger partial charge in [-0.15, -0.1) is 0 Å². The molecule has 0 unspecified atom stereocenters. The van der Waals surface area contributed by atoms with E-state index in [1.54, 1.807) is 13.1 Å². The fourth-order valence-electron chi connectivity index (χ4n) is 2.85. The van der Waals surface area contributed by atoms with Gasteiger partial charge in [0.1, 0.15) is 5.82 Å². The van der Waals surface area contributed by atoms with Crippen LogP contribution in [0.4, 0.5) is 10.1 Å². The number of carbonyl (C=O) groups excluding carboxylic acids is 1. The highest BCUT2D eigenvalue weighted by Gasteiger charge is 2.17. The van der Waals surface area contributed by atoms with E-state index in [0.29, 0.717) is 11.0 Å². The van der Waals surface area contributed by atoms with E-state index in [9.17, 15) is 9.18 Å². The van der Waals surface area contributed by atoms with Crippen molar-refractivity contribution in [2.45, 2.75) is 6.54 Å². The molecule has 6 heteroatoms. The second kappa shape index (κ2) is 7.97. The summed E-state index contributed by atoms with van der Waals surface area (Å²) >= 11 is 3.28. The number of morpholine rings is 1. The minimum atomic E-state index is -0.511. The lowest BCUT2D eigenvalue weighted by Crippen LogP contribution is -2.36. The summed E-state index contributed by atoms with van der Waals surface area (Å²) in [7, 11) is 1.68. The Balaban J connectivity index is 1.67. The van der Waals surface area contributed by atoms with Crippen LogP contribution in [0.25, 0.3) is 0 Å². The lowest BCUT2D eigenvalue weighted by atomic mass is 10.1. The van der Waals surface area contributed by atoms with Crippen LogP contribution in [0.15, 0.2) is 46.9 Å². The van der Waals surface area contributed by atoms with Crippen molar-refractivity contribution in [1.29, 1.82) is 0 Å². The van der Waals surface area contributed by atoms with E-state index in [0.717, 1.165) is 37.6 Å². The molecule has 1 heterocycles. The van der Waals surface area contributed by atoms with Gasteiger partial charge in [-0.25, -0.2) is 4.39 Å². The normalized spacial score (nSPS) is 14.4. The molecule has 1 amide bonds. The summed E-state index contributed by atoms with van der Waals surface area (Å²) in [5.41, 5.74) is 2.23. The Kier molecular flexibility index (Phi) is 5.71. The van der Waals surface area contributed by atoms with E-state index in [1.165, 1.54) is 17.0 Å². The van der Waals surface area contributed by atoms with Gasteiger partial charge in [-0.1, -0.05) is 28.1 Å². The molecule has 0 spiro atoms. The molecule has 0 aliphatic carbocycles. The van der Waals surface area contributed by atoms with Crippen LogP contribution in [0.1, 0.15) is 15.9 Å². The van der Waals surface area contributed by atoms with Crippen molar-refractivity contribution < 1.29 is 13.9 Å². The number of halogens is 2. The zero-order chi connectivity index (χ0) is 17.8. The van der Waals surface area contributed by atoms with Gasteiger partial charge in [0.25, 0.3) is 5.91 Å². The first kappa shape index (κ1) is 17.9. The number of amides is 1. The Morgan fingerprint density at radius 3 is 2.56 bits per heavy atom. The molecule has 0 aromatic heterocycles. The molecular formula is C19H20BrFN2O2. The zero-order valence-electron chi connectivity index (χ0n) is 14.0. The number of ether oxygens (including phenoxy) is 1. The van der Waals surface area contributed by atoms with Crippen LogP contribution in [-0.4, -0.2) is 44.2 Å². The topological polar surface area (TPSA) is 32.8 Å². The van der Waals surface area contributed by atoms with Gasteiger partial charge in [0.2, 0.25) is 0 Å². The highest BCUT2D eigenvalue weighted by Crippen LogP contribution is 2.20. The average molecular weight is 407 g/mol. The Morgan fingerprint density at radius 1 is 1.20 bits per heavy atom. The minimum absolute atomic E-state index is 0.0711. The first-order valence-corrected chi connectivity index (χ1v) is 8.96. The lowest BCUT2D eigenvalue weighted by molar-refractivity contribution is 0.0780. The molecule has 1 saturated heterocycles. The Bertz CT molecular complexity index is 746. The molecule has 3 rings (SSSR count). The number of benzene rings is 2. The molecule has 0 radical (unpaired) electrons. The lowest BCUT2D eigenvalue weighted by Gasteiger charge is -2.29. The molecule has 2 aromatic rings. The molecule has 132 valence electrons. The van der Waals surface area contributed by atoms with Crippen LogP contribution in [0, 0.1) is 5.82 Å². The minimum Gasteiger partial charge on any atom is -0.378 e. The van der Waals surface area contributed by atoms with Crippen molar-refractivity contribution in [3.8, 4) is 0 Å². The van der Waals surface area contributed by atoms with Crippen LogP contribution < -0.4 is 4.90 Å². The van der Waals surface area contributed by atoms with Gasteiger partial charge in [0.15, 0.2) is 0 Å². The number of rotatable bonds is 4. The predicted molar refractivity (Wildman–Crippen MR) is 99.4 cm³/mol. The number of nitrogens with zero attached hydrogens (tertiary/aromatic N) is 2. The van der Waals surface area contributed by atoms with Crippen molar-refractivity contribution in [3.63, 3.8) is 0 Å². The van der Waals surface area contributed by atoms with E-state index >= 15 is 0 Å². The molecule has 0 saturated carbocycles. The molecule has 2 aromatic carbocycles. The molecule has 1 aliphatic rings. The quantitative estimate of drug-likeness (QED) is 0.775. The largest absolute Gasteiger partial charge is 0.378 e. The van der Waals surface area contributed by atoms with E-state index in [2.05, 4.69) is 33.0 Å². The van der Waals surface area contributed by atoms with Crippen LogP contribution >= 0.6 is 15.9 Å². The second-order valence-electron chi connectivity index (χ2n) is 6.05. The molecule has 1 fully saturated rings. The molecule has 0 N–H and O–H groups in total. The van der Waals surface area contributed by atoms with Crippen molar-refractivity contribution in [2.75, 3.05) is 38.3 Å². The summed E-state index contributed by atoms with van der Waals surface area (Å²) in [5.74, 6) is -0.848. The van der Waals surface area contributed by atoms with Gasteiger partial charge >= 0.3 is 0 Å². The fraction of sp³-hybridized carbons (Fsp3) is 0.316. The monoisotopic (exact) mass is 406 g/mol. The third-order valence-electron chi connectivity index (χ3n) is 4.24. The van der Waals surface area contributed by atoms with E-state index < -0.39 is 5.82 Å². The van der Waals surface area contributed by atoms with E-state index in [-0.39, 0.29) is 11.5 Å². The molecular weight excluding hydrogens is 387 g/mol. The Hall–Kier alpha value is -1.92. The summed E-state index contributed by atoms with van der Waals surface area (Å²) < 4.78 is 19.9. The van der Waals surface area contributed by atoms with Crippen molar-refractivity contribution in [2.24, 2.45) is 0 Å². The maximum Gasteiger partial charge on any atom is 0.256 e. The first-order chi connectivity index (χ1) is 12.0. The van der Waals surface area contributed by atoms with Gasteiger partial charge in [-0.2, -0.15) is 0 Å². The highest BCUT2D eigenvalue weighted by molar-refractivity contribution is 9.10. The average Bonchev–Trinajstić information content (AvgIpc) is 2.64. The third-order valence-corrected chi connectivity index (χ3v) is 4.73. The summed E-state index contributed by atoms with van der Waals surface area (Å²) in [5, 5.41) is 0. The first-order valence-electron chi connectivity index (χ1n) is 8.17. The number of anilines is 1. The Labute approximate surface area is 155 Å². The van der Waals surface area contributed by atoms with Crippen LogP contribution in [0.5, 0.6) is 0 Å². The van der Waals surface area contributed by atoms with E-state index in [4.69, 9.17) is 4.74 Å². The standard InChI is InChI=1S/C19H20BrFN2O2/c1-22(19(24)17-12-15(20)4-7-18(17)21)13-14-2-5-16(6-3-14)23-8-10-25-11-9-23/h2-7,12H,8-11,13H2,1H3. The summed E-state index contributed by atoms with van der Waals surface area (Å²) in [4.78, 5) is 16.3. The molecule has 0 atom stereocenters. The number of carbonyl (C=O) groups is 1. The third kappa shape index (κ3) is 4.38. The van der Waals surface area contributed by atoms with Crippen LogP contribution in [0.3, 0.4) is 0 Å². The van der Waals surface area contributed by atoms with Crippen molar-refractivity contribution in [1.82, 2.24) is 4.90 Å². The molecule has 1 aliphatic heterocycles. The summed E-state index contributed by atoms with van der Waals surface area (Å²) in [6, 6.07) is 12.5. The SMILES string of the molecule is CN(Cc1ccc(N2CCOCC2)cc1)C(=O)c1cc(Br)ccc1F. The van der Waals surface area contributed by atoms with Gasteiger partial charge in [-0.05, 0) is 35.9 Å². The predicted octanol–water partition coefficient (Wildman–Crippen LogP) is 3.70. The van der Waals surface area contributed by atoms with Crippen molar-refractivity contribution in [3.05, 3.63) is 63.9 Å². The highest BCUT2D eigenvalue weighted by atomic mass is 79.9. The van der Waals surface area contributed by atoms with E-state index in [1.807, 2.05) is 12.1 Å². The molecule has 0 bridgehead atoms. The smallest absolute Gasteiger partial charge is 0.256 e. The molecule has 25 heavy (non-hydrogen) atoms. The van der Waals surface area contributed by atoms with Gasteiger partial charge in [0.05, 0.1) is 18.8 Å². The number of hydrogen-bond acceptors (Lipinski definition) is 3. The second-order valence-corrected chi connectivity index (χ2v) is 6.97. The number of hydrogen-bond donors (Lipinski definition) is 0. The van der Waals surface area contributed by atoms with Gasteiger partial charge < -0.3 is 14.5 Å².